The molecule has 0 saturated heterocycles. The maximum atomic E-state index is 11.1. The van der Waals surface area contributed by atoms with Gasteiger partial charge in [-0.1, -0.05) is 6.92 Å². The predicted octanol–water partition coefficient (Wildman–Crippen LogP) is -0.779. The van der Waals surface area contributed by atoms with Gasteiger partial charge in [-0.05, 0) is 12.8 Å². The predicted molar refractivity (Wildman–Crippen MR) is 52.3 cm³/mol. The zero-order valence-electron chi connectivity index (χ0n) is 8.90. The van der Waals surface area contributed by atoms with E-state index in [9.17, 15) is 9.59 Å². The lowest BCUT2D eigenvalue weighted by molar-refractivity contribution is -0.143. The van der Waals surface area contributed by atoms with Crippen molar-refractivity contribution in [1.82, 2.24) is 5.32 Å². The largest absolute Gasteiger partial charge is 0.480 e. The molecule has 0 aliphatic heterocycles. The number of amides is 1. The van der Waals surface area contributed by atoms with E-state index in [1.165, 1.54) is 0 Å². The monoisotopic (exact) mass is 219 g/mol. The second-order valence-corrected chi connectivity index (χ2v) is 3.40. The summed E-state index contributed by atoms with van der Waals surface area (Å²) in [5, 5.41) is 19.6. The van der Waals surface area contributed by atoms with Gasteiger partial charge in [-0.15, -0.1) is 0 Å². The summed E-state index contributed by atoms with van der Waals surface area (Å²) in [5.74, 6) is -1.54. The average molecular weight is 219 g/mol. The summed E-state index contributed by atoms with van der Waals surface area (Å²) in [7, 11) is 0. The molecule has 2 atom stereocenters. The molecule has 0 aromatic carbocycles. The molecule has 0 bridgehead atoms. The molecule has 0 saturated carbocycles. The Hall–Kier alpha value is -1.14. The number of carboxylic acid groups (broad SMARTS) is 1. The fourth-order valence-corrected chi connectivity index (χ4v) is 0.827. The quantitative estimate of drug-likeness (QED) is 0.522. The second-order valence-electron chi connectivity index (χ2n) is 3.40. The molecule has 6 heteroatoms. The Morgan fingerprint density at radius 3 is 2.40 bits per heavy atom. The van der Waals surface area contributed by atoms with E-state index < -0.39 is 12.6 Å². The van der Waals surface area contributed by atoms with Crippen LogP contribution in [0.3, 0.4) is 0 Å². The molecular formula is C9H17NO5. The first-order valence-corrected chi connectivity index (χ1v) is 4.67. The maximum absolute atomic E-state index is 11.1. The number of carbonyl (C=O) groups excluding carboxylic acids is 1. The van der Waals surface area contributed by atoms with E-state index in [1.54, 1.807) is 13.8 Å². The summed E-state index contributed by atoms with van der Waals surface area (Å²) >= 11 is 0. The number of hydrogen-bond acceptors (Lipinski definition) is 4. The number of carbonyl (C=O) groups is 2. The van der Waals surface area contributed by atoms with Crippen LogP contribution in [-0.2, 0) is 14.3 Å². The van der Waals surface area contributed by atoms with Crippen LogP contribution in [0.4, 0.5) is 0 Å². The standard InChI is InChI=1S/C9H17NO5/c1-6(3-11)7(2)10-8(12)4-15-5-9(13)14/h6-7,11H,3-5H2,1-2H3,(H,10,12)(H,13,14). The number of aliphatic carboxylic acids is 1. The van der Waals surface area contributed by atoms with Crippen LogP contribution < -0.4 is 5.32 Å². The fourth-order valence-electron chi connectivity index (χ4n) is 0.827. The van der Waals surface area contributed by atoms with Gasteiger partial charge in [0.25, 0.3) is 0 Å². The van der Waals surface area contributed by atoms with Gasteiger partial charge in [0, 0.05) is 12.6 Å². The number of nitrogens with one attached hydrogen (secondary N) is 1. The lowest BCUT2D eigenvalue weighted by Crippen LogP contribution is -2.40. The second kappa shape index (κ2) is 7.19. The summed E-state index contributed by atoms with van der Waals surface area (Å²) in [5.41, 5.74) is 0. The van der Waals surface area contributed by atoms with Gasteiger partial charge in [0.15, 0.2) is 0 Å². The Bertz CT molecular complexity index is 219. The van der Waals surface area contributed by atoms with Crippen LogP contribution in [0.1, 0.15) is 13.8 Å². The Kier molecular flexibility index (Phi) is 6.64. The van der Waals surface area contributed by atoms with E-state index in [2.05, 4.69) is 10.1 Å². The molecule has 0 spiro atoms. The summed E-state index contributed by atoms with van der Waals surface area (Å²) in [6.45, 7) is 2.77. The molecule has 0 radical (unpaired) electrons. The van der Waals surface area contributed by atoms with Crippen LogP contribution in [-0.4, -0.2) is 48.0 Å². The van der Waals surface area contributed by atoms with E-state index in [4.69, 9.17) is 10.2 Å². The molecule has 0 aromatic heterocycles. The van der Waals surface area contributed by atoms with Crippen molar-refractivity contribution in [3.8, 4) is 0 Å². The fraction of sp³-hybridized carbons (Fsp3) is 0.778. The normalized spacial score (nSPS) is 14.3. The van der Waals surface area contributed by atoms with E-state index in [-0.39, 0.29) is 31.1 Å². The molecule has 0 rings (SSSR count). The zero-order chi connectivity index (χ0) is 11.8. The van der Waals surface area contributed by atoms with Gasteiger partial charge in [-0.3, -0.25) is 4.79 Å². The highest BCUT2D eigenvalue weighted by Gasteiger charge is 2.13. The first kappa shape index (κ1) is 13.9. The highest BCUT2D eigenvalue weighted by molar-refractivity contribution is 5.78. The van der Waals surface area contributed by atoms with Crippen molar-refractivity contribution in [2.24, 2.45) is 5.92 Å². The first-order valence-electron chi connectivity index (χ1n) is 4.67. The van der Waals surface area contributed by atoms with Crippen LogP contribution in [0, 0.1) is 5.92 Å². The summed E-state index contributed by atoms with van der Waals surface area (Å²) < 4.78 is 4.60. The zero-order valence-corrected chi connectivity index (χ0v) is 8.90. The number of aliphatic hydroxyl groups is 1. The maximum Gasteiger partial charge on any atom is 0.329 e. The van der Waals surface area contributed by atoms with Gasteiger partial charge < -0.3 is 20.3 Å². The minimum Gasteiger partial charge on any atom is -0.480 e. The van der Waals surface area contributed by atoms with Crippen LogP contribution in [0.15, 0.2) is 0 Å². The van der Waals surface area contributed by atoms with Gasteiger partial charge in [0.05, 0.1) is 0 Å². The Morgan fingerprint density at radius 1 is 1.33 bits per heavy atom. The number of hydrogen-bond donors (Lipinski definition) is 3. The highest BCUT2D eigenvalue weighted by Crippen LogP contribution is 1.99. The molecule has 1 amide bonds. The van der Waals surface area contributed by atoms with Gasteiger partial charge in [0.1, 0.15) is 13.2 Å². The third-order valence-electron chi connectivity index (χ3n) is 1.99. The molecule has 0 aliphatic rings. The molecule has 2 unspecified atom stereocenters. The first-order chi connectivity index (χ1) is 6.97. The third kappa shape index (κ3) is 6.87. The Morgan fingerprint density at radius 2 is 1.93 bits per heavy atom. The summed E-state index contributed by atoms with van der Waals surface area (Å²) in [4.78, 5) is 21.2. The number of rotatable bonds is 7. The van der Waals surface area contributed by atoms with Crippen molar-refractivity contribution in [3.63, 3.8) is 0 Å². The van der Waals surface area contributed by atoms with Crippen molar-refractivity contribution < 1.29 is 24.5 Å². The van der Waals surface area contributed by atoms with Gasteiger partial charge in [-0.2, -0.15) is 0 Å². The average Bonchev–Trinajstić information content (AvgIpc) is 2.15. The van der Waals surface area contributed by atoms with Crippen LogP contribution in [0.5, 0.6) is 0 Å². The van der Waals surface area contributed by atoms with E-state index in [0.29, 0.717) is 0 Å². The van der Waals surface area contributed by atoms with Crippen LogP contribution in [0.25, 0.3) is 0 Å². The molecule has 88 valence electrons. The topological polar surface area (TPSA) is 95.9 Å². The number of carboxylic acids is 1. The van der Waals surface area contributed by atoms with Crippen molar-refractivity contribution in [2.45, 2.75) is 19.9 Å². The highest BCUT2D eigenvalue weighted by atomic mass is 16.5. The third-order valence-corrected chi connectivity index (χ3v) is 1.99. The SMILES string of the molecule is CC(CO)C(C)NC(=O)COCC(=O)O. The van der Waals surface area contributed by atoms with Crippen LogP contribution in [0.2, 0.25) is 0 Å². The van der Waals surface area contributed by atoms with Gasteiger partial charge in [0.2, 0.25) is 5.91 Å². The lowest BCUT2D eigenvalue weighted by atomic mass is 10.1. The van der Waals surface area contributed by atoms with E-state index in [1.807, 2.05) is 0 Å². The molecule has 6 nitrogen and oxygen atoms in total. The minimum absolute atomic E-state index is 0.0164. The summed E-state index contributed by atoms with van der Waals surface area (Å²) in [6.07, 6.45) is 0. The molecule has 0 aliphatic carbocycles. The molecule has 3 N–H and O–H groups in total. The van der Waals surface area contributed by atoms with Gasteiger partial charge in [-0.25, -0.2) is 4.79 Å². The van der Waals surface area contributed by atoms with Gasteiger partial charge >= 0.3 is 5.97 Å². The van der Waals surface area contributed by atoms with Crippen LogP contribution >= 0.6 is 0 Å². The van der Waals surface area contributed by atoms with E-state index >= 15 is 0 Å². The molecule has 0 aromatic rings. The molecule has 0 heterocycles. The Labute approximate surface area is 88.2 Å². The molecule has 0 fully saturated rings. The summed E-state index contributed by atoms with van der Waals surface area (Å²) in [6, 6.07) is -0.170. The van der Waals surface area contributed by atoms with E-state index in [0.717, 1.165) is 0 Å². The number of aliphatic hydroxyl groups excluding tert-OH is 1. The molecular weight excluding hydrogens is 202 g/mol. The van der Waals surface area contributed by atoms with Crippen molar-refractivity contribution in [1.29, 1.82) is 0 Å². The van der Waals surface area contributed by atoms with Crippen molar-refractivity contribution in [3.05, 3.63) is 0 Å². The smallest absolute Gasteiger partial charge is 0.329 e. The lowest BCUT2D eigenvalue weighted by Gasteiger charge is -2.18. The van der Waals surface area contributed by atoms with Crippen molar-refractivity contribution >= 4 is 11.9 Å². The van der Waals surface area contributed by atoms with Crippen molar-refractivity contribution in [2.75, 3.05) is 19.8 Å². The molecule has 15 heavy (non-hydrogen) atoms. The minimum atomic E-state index is -1.11. The Balaban J connectivity index is 3.69. The number of ether oxygens (including phenoxy) is 1.